The van der Waals surface area contributed by atoms with Crippen LogP contribution in [0.2, 0.25) is 5.02 Å². The molecule has 0 aliphatic rings. The number of benzene rings is 1. The minimum atomic E-state index is -3.39. The Bertz CT molecular complexity index is 450. The van der Waals surface area contributed by atoms with Crippen LogP contribution in [0.15, 0.2) is 22.7 Å². The number of hydrogen-bond acceptors (Lipinski definition) is 3. The van der Waals surface area contributed by atoms with E-state index in [4.69, 9.17) is 17.3 Å². The topological polar surface area (TPSA) is 72.2 Å². The molecule has 0 atom stereocenters. The molecule has 84 valence electrons. The third-order valence-electron chi connectivity index (χ3n) is 1.58. The van der Waals surface area contributed by atoms with Crippen LogP contribution in [0.5, 0.6) is 0 Å². The molecule has 1 aromatic carbocycles. The number of nitrogens with two attached hydrogens (primary N) is 1. The Kier molecular flexibility index (Phi) is 4.39. The van der Waals surface area contributed by atoms with Gasteiger partial charge in [-0.05, 0) is 34.1 Å². The zero-order valence-electron chi connectivity index (χ0n) is 7.70. The predicted molar refractivity (Wildman–Crippen MR) is 65.6 cm³/mol. The van der Waals surface area contributed by atoms with Crippen LogP contribution >= 0.6 is 27.5 Å². The smallest absolute Gasteiger partial charge is 0.234 e. The van der Waals surface area contributed by atoms with Crippen LogP contribution in [0, 0.1) is 0 Å². The van der Waals surface area contributed by atoms with Crippen LogP contribution in [0.25, 0.3) is 0 Å². The number of anilines is 1. The molecule has 0 saturated heterocycles. The van der Waals surface area contributed by atoms with E-state index in [1.807, 2.05) is 0 Å². The molecule has 0 amide bonds. The van der Waals surface area contributed by atoms with Gasteiger partial charge in [0.1, 0.15) is 0 Å². The largest absolute Gasteiger partial charge is 0.329 e. The first kappa shape index (κ1) is 12.8. The molecule has 0 fully saturated rings. The Hall–Kier alpha value is -0.300. The summed E-state index contributed by atoms with van der Waals surface area (Å²) in [4.78, 5) is 0. The second-order valence-corrected chi connectivity index (χ2v) is 5.97. The number of halogens is 2. The summed E-state index contributed by atoms with van der Waals surface area (Å²) in [6, 6.07) is 4.86. The summed E-state index contributed by atoms with van der Waals surface area (Å²) >= 11 is 8.96. The SMILES string of the molecule is NCCS(=O)(=O)Nc1cc(Cl)ccc1Br. The van der Waals surface area contributed by atoms with Crippen LogP contribution in [0.3, 0.4) is 0 Å². The van der Waals surface area contributed by atoms with Crippen LogP contribution in [-0.4, -0.2) is 20.7 Å². The zero-order valence-corrected chi connectivity index (χ0v) is 10.9. The lowest BCUT2D eigenvalue weighted by Crippen LogP contribution is -2.22. The van der Waals surface area contributed by atoms with E-state index >= 15 is 0 Å². The lowest BCUT2D eigenvalue weighted by atomic mass is 10.3. The molecule has 0 unspecified atom stereocenters. The quantitative estimate of drug-likeness (QED) is 0.890. The van der Waals surface area contributed by atoms with E-state index in [2.05, 4.69) is 20.7 Å². The van der Waals surface area contributed by atoms with Crippen molar-refractivity contribution in [2.45, 2.75) is 0 Å². The van der Waals surface area contributed by atoms with Crippen LogP contribution < -0.4 is 10.5 Å². The van der Waals surface area contributed by atoms with Gasteiger partial charge in [-0.25, -0.2) is 8.42 Å². The summed E-state index contributed by atoms with van der Waals surface area (Å²) in [5.74, 6) is -0.119. The molecular weight excluding hydrogens is 304 g/mol. The fourth-order valence-corrected chi connectivity index (χ4v) is 2.51. The highest BCUT2D eigenvalue weighted by Crippen LogP contribution is 2.26. The van der Waals surface area contributed by atoms with Crippen molar-refractivity contribution in [1.82, 2.24) is 0 Å². The lowest BCUT2D eigenvalue weighted by Gasteiger charge is -2.08. The van der Waals surface area contributed by atoms with Crippen molar-refractivity contribution in [2.75, 3.05) is 17.0 Å². The summed E-state index contributed by atoms with van der Waals surface area (Å²) in [7, 11) is -3.39. The van der Waals surface area contributed by atoms with E-state index in [1.165, 1.54) is 6.07 Å². The second-order valence-electron chi connectivity index (χ2n) is 2.83. The van der Waals surface area contributed by atoms with Gasteiger partial charge in [0.25, 0.3) is 0 Å². The monoisotopic (exact) mass is 312 g/mol. The van der Waals surface area contributed by atoms with Gasteiger partial charge in [-0.1, -0.05) is 11.6 Å². The van der Waals surface area contributed by atoms with Gasteiger partial charge in [0.2, 0.25) is 10.0 Å². The Morgan fingerprint density at radius 1 is 1.47 bits per heavy atom. The maximum Gasteiger partial charge on any atom is 0.234 e. The van der Waals surface area contributed by atoms with Crippen LogP contribution in [0.4, 0.5) is 5.69 Å². The molecule has 0 heterocycles. The standard InChI is InChI=1S/C8H10BrClN2O2S/c9-7-2-1-6(10)5-8(7)12-15(13,14)4-3-11/h1-2,5,12H,3-4,11H2. The summed E-state index contributed by atoms with van der Waals surface area (Å²) in [6.07, 6.45) is 0. The zero-order chi connectivity index (χ0) is 11.5. The lowest BCUT2D eigenvalue weighted by molar-refractivity contribution is 0.601. The van der Waals surface area contributed by atoms with E-state index in [0.717, 1.165) is 0 Å². The summed E-state index contributed by atoms with van der Waals surface area (Å²) < 4.78 is 25.8. The molecule has 0 spiro atoms. The average Bonchev–Trinajstić information content (AvgIpc) is 2.10. The maximum absolute atomic E-state index is 11.4. The third kappa shape index (κ3) is 3.98. The number of nitrogens with one attached hydrogen (secondary N) is 1. The highest BCUT2D eigenvalue weighted by Gasteiger charge is 2.11. The minimum Gasteiger partial charge on any atom is -0.329 e. The first-order valence-corrected chi connectivity index (χ1v) is 6.92. The number of hydrogen-bond donors (Lipinski definition) is 2. The van der Waals surface area contributed by atoms with Gasteiger partial charge in [0.05, 0.1) is 11.4 Å². The van der Waals surface area contributed by atoms with E-state index in [-0.39, 0.29) is 12.3 Å². The van der Waals surface area contributed by atoms with Crippen molar-refractivity contribution < 1.29 is 8.42 Å². The van der Waals surface area contributed by atoms with Crippen molar-refractivity contribution in [1.29, 1.82) is 0 Å². The first-order valence-electron chi connectivity index (χ1n) is 4.10. The highest BCUT2D eigenvalue weighted by molar-refractivity contribution is 9.10. The molecule has 0 aromatic heterocycles. The molecule has 3 N–H and O–H groups in total. The fraction of sp³-hybridized carbons (Fsp3) is 0.250. The molecule has 7 heteroatoms. The summed E-state index contributed by atoms with van der Waals surface area (Å²) in [5.41, 5.74) is 5.59. The summed E-state index contributed by atoms with van der Waals surface area (Å²) in [5, 5.41) is 0.462. The third-order valence-corrected chi connectivity index (χ3v) is 3.81. The number of rotatable bonds is 4. The molecule has 15 heavy (non-hydrogen) atoms. The molecule has 1 rings (SSSR count). The Morgan fingerprint density at radius 3 is 2.73 bits per heavy atom. The van der Waals surface area contributed by atoms with Crippen molar-refractivity contribution in [2.24, 2.45) is 5.73 Å². The van der Waals surface area contributed by atoms with Crippen molar-refractivity contribution >= 4 is 43.2 Å². The summed E-state index contributed by atoms with van der Waals surface area (Å²) in [6.45, 7) is 0.0769. The van der Waals surface area contributed by atoms with Gasteiger partial charge in [0.15, 0.2) is 0 Å². The molecule has 0 radical (unpaired) electrons. The van der Waals surface area contributed by atoms with E-state index < -0.39 is 10.0 Å². The second kappa shape index (κ2) is 5.16. The normalized spacial score (nSPS) is 11.4. The molecule has 4 nitrogen and oxygen atoms in total. The predicted octanol–water partition coefficient (Wildman–Crippen LogP) is 1.80. The molecule has 1 aromatic rings. The Balaban J connectivity index is 2.94. The van der Waals surface area contributed by atoms with E-state index in [9.17, 15) is 8.42 Å². The molecule has 0 bridgehead atoms. The molecular formula is C8H10BrClN2O2S. The number of sulfonamides is 1. The van der Waals surface area contributed by atoms with Crippen LogP contribution in [0.1, 0.15) is 0 Å². The first-order chi connectivity index (χ1) is 6.94. The molecule has 0 saturated carbocycles. The van der Waals surface area contributed by atoms with Crippen molar-refractivity contribution in [3.05, 3.63) is 27.7 Å². The van der Waals surface area contributed by atoms with E-state index in [0.29, 0.717) is 15.2 Å². The Morgan fingerprint density at radius 2 is 2.13 bits per heavy atom. The van der Waals surface area contributed by atoms with Crippen molar-refractivity contribution in [3.63, 3.8) is 0 Å². The van der Waals surface area contributed by atoms with Gasteiger partial charge < -0.3 is 5.73 Å². The van der Waals surface area contributed by atoms with Gasteiger partial charge >= 0.3 is 0 Å². The molecule has 0 aliphatic carbocycles. The van der Waals surface area contributed by atoms with Crippen molar-refractivity contribution in [3.8, 4) is 0 Å². The van der Waals surface area contributed by atoms with E-state index in [1.54, 1.807) is 12.1 Å². The highest BCUT2D eigenvalue weighted by atomic mass is 79.9. The fourth-order valence-electron chi connectivity index (χ4n) is 0.949. The molecule has 0 aliphatic heterocycles. The van der Waals surface area contributed by atoms with Gasteiger partial charge in [-0.3, -0.25) is 4.72 Å². The van der Waals surface area contributed by atoms with Gasteiger partial charge in [-0.15, -0.1) is 0 Å². The van der Waals surface area contributed by atoms with Gasteiger partial charge in [0, 0.05) is 16.0 Å². The average molecular weight is 314 g/mol. The minimum absolute atomic E-state index is 0.0769. The van der Waals surface area contributed by atoms with Crippen LogP contribution in [-0.2, 0) is 10.0 Å². The Labute approximate surface area is 102 Å². The maximum atomic E-state index is 11.4. The van der Waals surface area contributed by atoms with Gasteiger partial charge in [-0.2, -0.15) is 0 Å².